The van der Waals surface area contributed by atoms with Gasteiger partial charge in [0.2, 0.25) is 0 Å². The van der Waals surface area contributed by atoms with E-state index in [1.165, 1.54) is 0 Å². The van der Waals surface area contributed by atoms with Crippen LogP contribution in [-0.2, 0) is 11.3 Å². The van der Waals surface area contributed by atoms with Gasteiger partial charge < -0.3 is 9.30 Å². The standard InChI is InChI=1S/C9H15NO/c1-2-8-11-9-7-10-5-3-4-6-10/h3-6H,2,7-9H2,1H3. The highest BCUT2D eigenvalue weighted by molar-refractivity contribution is 4.89. The maximum absolute atomic E-state index is 5.34. The zero-order valence-electron chi connectivity index (χ0n) is 6.99. The van der Waals surface area contributed by atoms with Gasteiger partial charge in [0, 0.05) is 25.5 Å². The minimum absolute atomic E-state index is 0.822. The van der Waals surface area contributed by atoms with E-state index in [4.69, 9.17) is 4.74 Å². The first kappa shape index (κ1) is 8.34. The lowest BCUT2D eigenvalue weighted by Crippen LogP contribution is -2.04. The molecule has 0 aliphatic heterocycles. The van der Waals surface area contributed by atoms with Crippen molar-refractivity contribution >= 4 is 0 Å². The minimum Gasteiger partial charge on any atom is -0.380 e. The van der Waals surface area contributed by atoms with Gasteiger partial charge in [0.1, 0.15) is 0 Å². The van der Waals surface area contributed by atoms with E-state index in [2.05, 4.69) is 23.9 Å². The van der Waals surface area contributed by atoms with Gasteiger partial charge in [-0.2, -0.15) is 0 Å². The minimum atomic E-state index is 0.822. The zero-order valence-corrected chi connectivity index (χ0v) is 6.99. The highest BCUT2D eigenvalue weighted by atomic mass is 16.5. The summed E-state index contributed by atoms with van der Waals surface area (Å²) in [6.45, 7) is 4.78. The largest absolute Gasteiger partial charge is 0.380 e. The lowest BCUT2D eigenvalue weighted by Gasteiger charge is -2.02. The van der Waals surface area contributed by atoms with Crippen molar-refractivity contribution in [3.05, 3.63) is 24.5 Å². The van der Waals surface area contributed by atoms with Crippen molar-refractivity contribution in [2.45, 2.75) is 19.9 Å². The predicted octanol–water partition coefficient (Wildman–Crippen LogP) is 1.91. The third-order valence-electron chi connectivity index (χ3n) is 1.51. The van der Waals surface area contributed by atoms with Crippen molar-refractivity contribution in [2.24, 2.45) is 0 Å². The van der Waals surface area contributed by atoms with Crippen molar-refractivity contribution in [3.8, 4) is 0 Å². The summed E-state index contributed by atoms with van der Waals surface area (Å²) < 4.78 is 7.46. The summed E-state index contributed by atoms with van der Waals surface area (Å²) in [5, 5.41) is 0. The van der Waals surface area contributed by atoms with Crippen molar-refractivity contribution in [2.75, 3.05) is 13.2 Å². The van der Waals surface area contributed by atoms with E-state index in [1.807, 2.05) is 12.1 Å². The molecule has 0 atom stereocenters. The van der Waals surface area contributed by atoms with E-state index in [1.54, 1.807) is 0 Å². The summed E-state index contributed by atoms with van der Waals surface area (Å²) in [7, 11) is 0. The second kappa shape index (κ2) is 4.97. The van der Waals surface area contributed by atoms with Gasteiger partial charge >= 0.3 is 0 Å². The molecule has 0 radical (unpaired) electrons. The van der Waals surface area contributed by atoms with Crippen molar-refractivity contribution in [3.63, 3.8) is 0 Å². The Kier molecular flexibility index (Phi) is 3.76. The first-order valence-electron chi connectivity index (χ1n) is 4.12. The average Bonchev–Trinajstić information content (AvgIpc) is 2.50. The Hall–Kier alpha value is -0.760. The number of hydrogen-bond donors (Lipinski definition) is 0. The fourth-order valence-electron chi connectivity index (χ4n) is 0.936. The first-order valence-corrected chi connectivity index (χ1v) is 4.12. The fourth-order valence-corrected chi connectivity index (χ4v) is 0.936. The van der Waals surface area contributed by atoms with Crippen molar-refractivity contribution in [1.82, 2.24) is 4.57 Å². The Morgan fingerprint density at radius 2 is 1.91 bits per heavy atom. The molecular weight excluding hydrogens is 138 g/mol. The van der Waals surface area contributed by atoms with Gasteiger partial charge in [-0.15, -0.1) is 0 Å². The summed E-state index contributed by atoms with van der Waals surface area (Å²) in [6.07, 6.45) is 5.20. The van der Waals surface area contributed by atoms with Crippen LogP contribution in [0, 0.1) is 0 Å². The molecule has 11 heavy (non-hydrogen) atoms. The third-order valence-corrected chi connectivity index (χ3v) is 1.51. The number of hydrogen-bond acceptors (Lipinski definition) is 1. The quantitative estimate of drug-likeness (QED) is 0.589. The Morgan fingerprint density at radius 1 is 1.18 bits per heavy atom. The van der Waals surface area contributed by atoms with Crippen molar-refractivity contribution in [1.29, 1.82) is 0 Å². The topological polar surface area (TPSA) is 14.2 Å². The Balaban J connectivity index is 2.04. The van der Waals surface area contributed by atoms with Gasteiger partial charge in [-0.3, -0.25) is 0 Å². The molecule has 0 aromatic carbocycles. The number of nitrogens with zero attached hydrogens (tertiary/aromatic N) is 1. The third kappa shape index (κ3) is 3.23. The van der Waals surface area contributed by atoms with E-state index < -0.39 is 0 Å². The molecule has 2 nitrogen and oxygen atoms in total. The molecule has 1 aromatic rings. The molecule has 0 N–H and O–H groups in total. The van der Waals surface area contributed by atoms with E-state index in [0.29, 0.717) is 0 Å². The summed E-state index contributed by atoms with van der Waals surface area (Å²) in [5.74, 6) is 0. The van der Waals surface area contributed by atoms with E-state index in [9.17, 15) is 0 Å². The highest BCUT2D eigenvalue weighted by Crippen LogP contribution is 1.90. The molecule has 0 saturated heterocycles. The monoisotopic (exact) mass is 153 g/mol. The normalized spacial score (nSPS) is 10.3. The first-order chi connectivity index (χ1) is 5.43. The summed E-state index contributed by atoms with van der Waals surface area (Å²) in [4.78, 5) is 0. The number of ether oxygens (including phenoxy) is 1. The molecule has 0 spiro atoms. The summed E-state index contributed by atoms with van der Waals surface area (Å²) >= 11 is 0. The van der Waals surface area contributed by atoms with Gasteiger partial charge in [-0.1, -0.05) is 6.92 Å². The molecule has 0 aliphatic rings. The molecule has 0 bridgehead atoms. The fraction of sp³-hybridized carbons (Fsp3) is 0.556. The van der Waals surface area contributed by atoms with Crippen molar-refractivity contribution < 1.29 is 4.74 Å². The maximum atomic E-state index is 5.34. The molecule has 0 unspecified atom stereocenters. The van der Waals surface area contributed by atoms with E-state index in [-0.39, 0.29) is 0 Å². The lowest BCUT2D eigenvalue weighted by atomic mass is 10.5. The molecular formula is C9H15NO. The van der Waals surface area contributed by atoms with Gasteiger partial charge in [-0.05, 0) is 18.6 Å². The van der Waals surface area contributed by atoms with Gasteiger partial charge in [0.25, 0.3) is 0 Å². The lowest BCUT2D eigenvalue weighted by molar-refractivity contribution is 0.127. The molecule has 0 saturated carbocycles. The maximum Gasteiger partial charge on any atom is 0.0645 e. The highest BCUT2D eigenvalue weighted by Gasteiger charge is 1.87. The molecule has 1 rings (SSSR count). The molecule has 2 heteroatoms. The zero-order chi connectivity index (χ0) is 7.94. The van der Waals surface area contributed by atoms with Crippen LogP contribution in [0.3, 0.4) is 0 Å². The average molecular weight is 153 g/mol. The Bertz CT molecular complexity index is 170. The summed E-state index contributed by atoms with van der Waals surface area (Å²) in [6, 6.07) is 4.06. The molecule has 0 fully saturated rings. The van der Waals surface area contributed by atoms with Crippen LogP contribution in [-0.4, -0.2) is 17.8 Å². The number of rotatable bonds is 5. The SMILES string of the molecule is CCCOCCn1cccc1. The van der Waals surface area contributed by atoms with Crippen LogP contribution >= 0.6 is 0 Å². The molecule has 0 aliphatic carbocycles. The molecule has 0 amide bonds. The van der Waals surface area contributed by atoms with Crippen LogP contribution in [0.15, 0.2) is 24.5 Å². The van der Waals surface area contributed by atoms with Gasteiger partial charge in [-0.25, -0.2) is 0 Å². The van der Waals surface area contributed by atoms with Crippen LogP contribution in [0.2, 0.25) is 0 Å². The predicted molar refractivity (Wildman–Crippen MR) is 45.5 cm³/mol. The van der Waals surface area contributed by atoms with E-state index >= 15 is 0 Å². The van der Waals surface area contributed by atoms with E-state index in [0.717, 1.165) is 26.2 Å². The molecule has 1 aromatic heterocycles. The van der Waals surface area contributed by atoms with Crippen LogP contribution in [0.4, 0.5) is 0 Å². The second-order valence-corrected chi connectivity index (χ2v) is 2.53. The van der Waals surface area contributed by atoms with Gasteiger partial charge in [0.15, 0.2) is 0 Å². The Labute approximate surface area is 67.8 Å². The van der Waals surface area contributed by atoms with Crippen LogP contribution in [0.25, 0.3) is 0 Å². The molecule has 1 heterocycles. The molecule has 62 valence electrons. The smallest absolute Gasteiger partial charge is 0.0645 e. The summed E-state index contributed by atoms with van der Waals surface area (Å²) in [5.41, 5.74) is 0. The Morgan fingerprint density at radius 3 is 2.55 bits per heavy atom. The van der Waals surface area contributed by atoms with Crippen LogP contribution in [0.1, 0.15) is 13.3 Å². The second-order valence-electron chi connectivity index (χ2n) is 2.53. The van der Waals surface area contributed by atoms with Gasteiger partial charge in [0.05, 0.1) is 6.61 Å². The van der Waals surface area contributed by atoms with Crippen LogP contribution < -0.4 is 0 Å². The van der Waals surface area contributed by atoms with Crippen LogP contribution in [0.5, 0.6) is 0 Å². The number of aromatic nitrogens is 1.